The molecular weight excluding hydrogens is 430 g/mol. The van der Waals surface area contributed by atoms with Gasteiger partial charge in [-0.25, -0.2) is 8.42 Å². The van der Waals surface area contributed by atoms with E-state index in [2.05, 4.69) is 10.3 Å². The zero-order chi connectivity index (χ0) is 22.6. The van der Waals surface area contributed by atoms with Crippen molar-refractivity contribution in [1.29, 1.82) is 0 Å². The van der Waals surface area contributed by atoms with Gasteiger partial charge in [-0.2, -0.15) is 4.31 Å². The van der Waals surface area contributed by atoms with Crippen LogP contribution in [0.5, 0.6) is 0 Å². The SMILES string of the molecule is O=C(CN1CCN(C(=O)c2cc(S(=O)(=O)N3CCCC3)c[nH]2)CC1)NCc1ccccc1. The second-order valence-electron chi connectivity index (χ2n) is 8.19. The fourth-order valence-electron chi connectivity index (χ4n) is 4.06. The number of benzene rings is 1. The largest absolute Gasteiger partial charge is 0.356 e. The van der Waals surface area contributed by atoms with Crippen LogP contribution in [0.1, 0.15) is 28.9 Å². The normalized spacial score (nSPS) is 18.1. The van der Waals surface area contributed by atoms with Crippen LogP contribution >= 0.6 is 0 Å². The predicted octanol–water partition coefficient (Wildman–Crippen LogP) is 0.873. The van der Waals surface area contributed by atoms with E-state index in [9.17, 15) is 18.0 Å². The predicted molar refractivity (Wildman–Crippen MR) is 119 cm³/mol. The number of aromatic nitrogens is 1. The van der Waals surface area contributed by atoms with Crippen LogP contribution in [0.2, 0.25) is 0 Å². The third kappa shape index (κ3) is 5.20. The first-order chi connectivity index (χ1) is 15.4. The molecule has 0 aliphatic carbocycles. The molecule has 1 aromatic heterocycles. The number of aromatic amines is 1. The van der Waals surface area contributed by atoms with Gasteiger partial charge in [-0.3, -0.25) is 14.5 Å². The van der Waals surface area contributed by atoms with Gasteiger partial charge in [-0.05, 0) is 24.5 Å². The van der Waals surface area contributed by atoms with Gasteiger partial charge in [0.25, 0.3) is 5.91 Å². The molecule has 2 aromatic rings. The van der Waals surface area contributed by atoms with E-state index < -0.39 is 10.0 Å². The molecule has 0 unspecified atom stereocenters. The molecule has 0 radical (unpaired) electrons. The van der Waals surface area contributed by atoms with Gasteiger partial charge in [0.2, 0.25) is 15.9 Å². The maximum Gasteiger partial charge on any atom is 0.270 e. The summed E-state index contributed by atoms with van der Waals surface area (Å²) in [6.45, 7) is 3.98. The van der Waals surface area contributed by atoms with E-state index in [1.807, 2.05) is 35.2 Å². The van der Waals surface area contributed by atoms with E-state index in [-0.39, 0.29) is 28.9 Å². The van der Waals surface area contributed by atoms with Gasteiger partial charge in [-0.15, -0.1) is 0 Å². The molecule has 32 heavy (non-hydrogen) atoms. The van der Waals surface area contributed by atoms with Crippen molar-refractivity contribution >= 4 is 21.8 Å². The van der Waals surface area contributed by atoms with Gasteiger partial charge >= 0.3 is 0 Å². The van der Waals surface area contributed by atoms with Crippen LogP contribution in [0.25, 0.3) is 0 Å². The lowest BCUT2D eigenvalue weighted by Crippen LogP contribution is -2.51. The Labute approximate surface area is 188 Å². The van der Waals surface area contributed by atoms with E-state index >= 15 is 0 Å². The minimum absolute atomic E-state index is 0.0465. The molecule has 3 heterocycles. The Bertz CT molecular complexity index is 1040. The summed E-state index contributed by atoms with van der Waals surface area (Å²) < 4.78 is 26.8. The summed E-state index contributed by atoms with van der Waals surface area (Å²) >= 11 is 0. The summed E-state index contributed by atoms with van der Waals surface area (Å²) in [7, 11) is -3.55. The number of H-pyrrole nitrogens is 1. The van der Waals surface area contributed by atoms with Crippen LogP contribution in [0, 0.1) is 0 Å². The van der Waals surface area contributed by atoms with Crippen LogP contribution in [-0.4, -0.2) is 85.1 Å². The molecule has 0 spiro atoms. The number of carbonyl (C=O) groups is 2. The van der Waals surface area contributed by atoms with Crippen molar-refractivity contribution in [2.45, 2.75) is 24.3 Å². The maximum atomic E-state index is 12.8. The van der Waals surface area contributed by atoms with Gasteiger partial charge in [0.15, 0.2) is 0 Å². The highest BCUT2D eigenvalue weighted by Gasteiger charge is 2.30. The molecule has 2 N–H and O–H groups in total. The average Bonchev–Trinajstić information content (AvgIpc) is 3.52. The zero-order valence-corrected chi connectivity index (χ0v) is 18.8. The lowest BCUT2D eigenvalue weighted by molar-refractivity contribution is -0.122. The quantitative estimate of drug-likeness (QED) is 0.639. The summed E-state index contributed by atoms with van der Waals surface area (Å²) in [6, 6.07) is 11.2. The summed E-state index contributed by atoms with van der Waals surface area (Å²) in [5.41, 5.74) is 1.32. The first-order valence-corrected chi connectivity index (χ1v) is 12.4. The highest BCUT2D eigenvalue weighted by atomic mass is 32.2. The molecule has 2 fully saturated rings. The Hall–Kier alpha value is -2.69. The number of hydrogen-bond donors (Lipinski definition) is 2. The number of hydrogen-bond acceptors (Lipinski definition) is 5. The molecule has 0 saturated carbocycles. The average molecular weight is 460 g/mol. The molecule has 172 valence electrons. The van der Waals surface area contributed by atoms with Gasteiger partial charge in [0.05, 0.1) is 6.54 Å². The maximum absolute atomic E-state index is 12.8. The lowest BCUT2D eigenvalue weighted by atomic mass is 10.2. The fraction of sp³-hybridized carbons (Fsp3) is 0.455. The Morgan fingerprint density at radius 2 is 1.66 bits per heavy atom. The summed E-state index contributed by atoms with van der Waals surface area (Å²) in [5.74, 6) is -0.268. The molecule has 9 nitrogen and oxygen atoms in total. The van der Waals surface area contributed by atoms with Gasteiger partial charge in [0, 0.05) is 52.0 Å². The Morgan fingerprint density at radius 3 is 2.34 bits per heavy atom. The molecular formula is C22H29N5O4S. The highest BCUT2D eigenvalue weighted by molar-refractivity contribution is 7.89. The highest BCUT2D eigenvalue weighted by Crippen LogP contribution is 2.22. The number of piperazine rings is 1. The van der Waals surface area contributed by atoms with Crippen molar-refractivity contribution in [1.82, 2.24) is 24.4 Å². The number of amides is 2. The van der Waals surface area contributed by atoms with E-state index in [1.165, 1.54) is 16.6 Å². The van der Waals surface area contributed by atoms with Crippen molar-refractivity contribution in [3.8, 4) is 0 Å². The van der Waals surface area contributed by atoms with Crippen LogP contribution in [-0.2, 0) is 21.4 Å². The molecule has 2 aliphatic heterocycles. The number of carbonyl (C=O) groups excluding carboxylic acids is 2. The summed E-state index contributed by atoms with van der Waals surface area (Å²) in [4.78, 5) is 31.7. The molecule has 2 amide bonds. The van der Waals surface area contributed by atoms with Crippen LogP contribution in [0.4, 0.5) is 0 Å². The third-order valence-corrected chi connectivity index (χ3v) is 7.83. The second-order valence-corrected chi connectivity index (χ2v) is 10.1. The first-order valence-electron chi connectivity index (χ1n) is 10.9. The molecule has 0 atom stereocenters. The summed E-state index contributed by atoms with van der Waals surface area (Å²) in [5, 5.41) is 2.92. The number of nitrogens with zero attached hydrogens (tertiary/aromatic N) is 3. The summed E-state index contributed by atoms with van der Waals surface area (Å²) in [6.07, 6.45) is 3.13. The minimum Gasteiger partial charge on any atom is -0.356 e. The van der Waals surface area contributed by atoms with Crippen LogP contribution in [0.3, 0.4) is 0 Å². The van der Waals surface area contributed by atoms with Crippen molar-refractivity contribution in [3.05, 3.63) is 53.9 Å². The molecule has 2 saturated heterocycles. The second kappa shape index (κ2) is 9.85. The van der Waals surface area contributed by atoms with E-state index in [1.54, 1.807) is 4.90 Å². The first kappa shape index (κ1) is 22.5. The lowest BCUT2D eigenvalue weighted by Gasteiger charge is -2.34. The minimum atomic E-state index is -3.55. The van der Waals surface area contributed by atoms with E-state index in [0.717, 1.165) is 18.4 Å². The smallest absolute Gasteiger partial charge is 0.270 e. The topological polar surface area (TPSA) is 106 Å². The number of rotatable bonds is 7. The van der Waals surface area contributed by atoms with Gasteiger partial charge in [0.1, 0.15) is 10.6 Å². The van der Waals surface area contributed by atoms with Crippen molar-refractivity contribution in [3.63, 3.8) is 0 Å². The monoisotopic (exact) mass is 459 g/mol. The molecule has 4 rings (SSSR count). The Balaban J connectivity index is 1.26. The molecule has 10 heteroatoms. The van der Waals surface area contributed by atoms with Gasteiger partial charge in [-0.1, -0.05) is 30.3 Å². The third-order valence-electron chi connectivity index (χ3n) is 5.95. The Morgan fingerprint density at radius 1 is 0.969 bits per heavy atom. The van der Waals surface area contributed by atoms with Crippen molar-refractivity contribution < 1.29 is 18.0 Å². The van der Waals surface area contributed by atoms with Crippen LogP contribution in [0.15, 0.2) is 47.5 Å². The molecule has 2 aliphatic rings. The zero-order valence-electron chi connectivity index (χ0n) is 18.0. The standard InChI is InChI=1S/C22H29N5O4S/c28-21(24-15-18-6-2-1-3-7-18)17-25-10-12-26(13-11-25)22(29)20-14-19(16-23-20)32(30,31)27-8-4-5-9-27/h1-3,6-7,14,16,23H,4-5,8-13,15,17H2,(H,24,28). The fourth-order valence-corrected chi connectivity index (χ4v) is 5.57. The number of sulfonamides is 1. The van der Waals surface area contributed by atoms with E-state index in [0.29, 0.717) is 45.8 Å². The van der Waals surface area contributed by atoms with E-state index in [4.69, 9.17) is 0 Å². The van der Waals surface area contributed by atoms with Gasteiger partial charge < -0.3 is 15.2 Å². The number of nitrogens with one attached hydrogen (secondary N) is 2. The Kier molecular flexibility index (Phi) is 6.92. The van der Waals surface area contributed by atoms with Crippen molar-refractivity contribution in [2.24, 2.45) is 0 Å². The molecule has 0 bridgehead atoms. The van der Waals surface area contributed by atoms with Crippen molar-refractivity contribution in [2.75, 3.05) is 45.8 Å². The van der Waals surface area contributed by atoms with Crippen LogP contribution < -0.4 is 5.32 Å². The molecule has 1 aromatic carbocycles.